The molecule has 0 bridgehead atoms. The van der Waals surface area contributed by atoms with Gasteiger partial charge in [0.05, 0.1) is 16.5 Å². The Bertz CT molecular complexity index is 906. The SMILES string of the molecule is Cl.O=S(=O)(c1cccc(C(F)(F)F)c1)N1CCNCC1c1cccc(F)c1. The third-order valence-corrected chi connectivity index (χ3v) is 6.10. The molecule has 1 unspecified atom stereocenters. The van der Waals surface area contributed by atoms with Gasteiger partial charge in [-0.2, -0.15) is 17.5 Å². The van der Waals surface area contributed by atoms with E-state index in [0.29, 0.717) is 18.2 Å². The van der Waals surface area contributed by atoms with Gasteiger partial charge < -0.3 is 5.32 Å². The van der Waals surface area contributed by atoms with Crippen LogP contribution in [0.2, 0.25) is 0 Å². The minimum absolute atomic E-state index is 0. The number of piperazine rings is 1. The van der Waals surface area contributed by atoms with Crippen molar-refractivity contribution in [3.63, 3.8) is 0 Å². The maximum Gasteiger partial charge on any atom is 0.416 e. The molecule has 0 aromatic heterocycles. The largest absolute Gasteiger partial charge is 0.416 e. The summed E-state index contributed by atoms with van der Waals surface area (Å²) in [5.41, 5.74) is -0.594. The molecule has 10 heteroatoms. The van der Waals surface area contributed by atoms with Gasteiger partial charge in [0.1, 0.15) is 5.82 Å². The fourth-order valence-corrected chi connectivity index (χ4v) is 4.60. The molecule has 1 atom stereocenters. The molecule has 3 rings (SSSR count). The summed E-state index contributed by atoms with van der Waals surface area (Å²) in [6, 6.07) is 8.46. The van der Waals surface area contributed by atoms with Crippen molar-refractivity contribution in [3.8, 4) is 0 Å². The van der Waals surface area contributed by atoms with Gasteiger partial charge in [0.2, 0.25) is 10.0 Å². The Labute approximate surface area is 160 Å². The second kappa shape index (κ2) is 8.14. The van der Waals surface area contributed by atoms with E-state index in [1.165, 1.54) is 18.2 Å². The average molecular weight is 425 g/mol. The molecule has 0 amide bonds. The van der Waals surface area contributed by atoms with E-state index in [-0.39, 0.29) is 25.5 Å². The average Bonchev–Trinajstić information content (AvgIpc) is 2.61. The molecule has 0 radical (unpaired) electrons. The Kier molecular flexibility index (Phi) is 6.51. The molecule has 1 N–H and O–H groups in total. The number of rotatable bonds is 3. The van der Waals surface area contributed by atoms with Gasteiger partial charge in [0, 0.05) is 19.6 Å². The molecule has 1 heterocycles. The zero-order valence-corrected chi connectivity index (χ0v) is 15.5. The molecule has 1 aliphatic rings. The highest BCUT2D eigenvalue weighted by molar-refractivity contribution is 7.89. The van der Waals surface area contributed by atoms with Crippen molar-refractivity contribution >= 4 is 22.4 Å². The molecule has 2 aromatic carbocycles. The van der Waals surface area contributed by atoms with Crippen LogP contribution in [0.3, 0.4) is 0 Å². The van der Waals surface area contributed by atoms with Crippen molar-refractivity contribution in [2.75, 3.05) is 19.6 Å². The van der Waals surface area contributed by atoms with Crippen molar-refractivity contribution in [1.29, 1.82) is 0 Å². The molecule has 1 aliphatic heterocycles. The molecule has 0 saturated carbocycles. The van der Waals surface area contributed by atoms with Crippen LogP contribution >= 0.6 is 12.4 Å². The zero-order chi connectivity index (χ0) is 18.9. The summed E-state index contributed by atoms with van der Waals surface area (Å²) in [5.74, 6) is -0.510. The summed E-state index contributed by atoms with van der Waals surface area (Å²) in [4.78, 5) is -0.435. The minimum atomic E-state index is -4.64. The number of sulfonamides is 1. The van der Waals surface area contributed by atoms with E-state index >= 15 is 0 Å². The van der Waals surface area contributed by atoms with Crippen molar-refractivity contribution in [1.82, 2.24) is 9.62 Å². The maximum atomic E-state index is 13.5. The van der Waals surface area contributed by atoms with Gasteiger partial charge in [-0.25, -0.2) is 12.8 Å². The number of hydrogen-bond acceptors (Lipinski definition) is 3. The lowest BCUT2D eigenvalue weighted by atomic mass is 10.1. The highest BCUT2D eigenvalue weighted by Gasteiger charge is 2.37. The second-order valence-corrected chi connectivity index (χ2v) is 7.81. The van der Waals surface area contributed by atoms with Crippen LogP contribution in [0.4, 0.5) is 17.6 Å². The summed E-state index contributed by atoms with van der Waals surface area (Å²) in [5, 5.41) is 3.03. The maximum absolute atomic E-state index is 13.5. The van der Waals surface area contributed by atoms with Gasteiger partial charge in [-0.05, 0) is 35.9 Å². The van der Waals surface area contributed by atoms with Crippen LogP contribution in [0.25, 0.3) is 0 Å². The van der Waals surface area contributed by atoms with Crippen LogP contribution in [-0.4, -0.2) is 32.4 Å². The normalized spacial score (nSPS) is 18.7. The summed E-state index contributed by atoms with van der Waals surface area (Å²) in [7, 11) is -4.18. The molecule has 1 fully saturated rings. The van der Waals surface area contributed by atoms with Crippen LogP contribution in [0, 0.1) is 5.82 Å². The first-order valence-corrected chi connectivity index (χ1v) is 9.29. The van der Waals surface area contributed by atoms with E-state index in [9.17, 15) is 26.0 Å². The molecule has 4 nitrogen and oxygen atoms in total. The quantitative estimate of drug-likeness (QED) is 0.766. The monoisotopic (exact) mass is 424 g/mol. The summed E-state index contributed by atoms with van der Waals surface area (Å²) >= 11 is 0. The van der Waals surface area contributed by atoms with Crippen LogP contribution in [0.5, 0.6) is 0 Å². The van der Waals surface area contributed by atoms with Crippen molar-refractivity contribution in [2.45, 2.75) is 17.1 Å². The van der Waals surface area contributed by atoms with E-state index in [2.05, 4.69) is 5.32 Å². The van der Waals surface area contributed by atoms with E-state index < -0.39 is 38.5 Å². The molecular weight excluding hydrogens is 408 g/mol. The number of nitrogens with zero attached hydrogens (tertiary/aromatic N) is 1. The van der Waals surface area contributed by atoms with Gasteiger partial charge in [-0.15, -0.1) is 12.4 Å². The molecule has 1 saturated heterocycles. The molecule has 2 aromatic rings. The third-order valence-electron chi connectivity index (χ3n) is 4.20. The predicted octanol–water partition coefficient (Wildman–Crippen LogP) is 3.60. The molecule has 27 heavy (non-hydrogen) atoms. The number of hydrogen-bond donors (Lipinski definition) is 1. The standard InChI is InChI=1S/C17H16F4N2O2S.ClH/c18-14-5-1-3-12(9-14)16-11-22-7-8-23(16)26(24,25)15-6-2-4-13(10-15)17(19,20)21;/h1-6,9-10,16,22H,7-8,11H2;1H. The summed E-state index contributed by atoms with van der Waals surface area (Å²) in [6.45, 7) is 0.658. The Hall–Kier alpha value is -1.68. The first-order chi connectivity index (χ1) is 12.2. The first kappa shape index (κ1) is 21.6. The topological polar surface area (TPSA) is 49.4 Å². The lowest BCUT2D eigenvalue weighted by molar-refractivity contribution is -0.137. The van der Waals surface area contributed by atoms with Crippen molar-refractivity contribution in [2.24, 2.45) is 0 Å². The van der Waals surface area contributed by atoms with Gasteiger partial charge in [0.15, 0.2) is 0 Å². The summed E-state index contributed by atoms with van der Waals surface area (Å²) in [6.07, 6.45) is -4.64. The van der Waals surface area contributed by atoms with E-state index in [1.807, 2.05) is 0 Å². The fourth-order valence-electron chi connectivity index (χ4n) is 2.94. The Morgan fingerprint density at radius 2 is 1.78 bits per heavy atom. The second-order valence-electron chi connectivity index (χ2n) is 5.92. The van der Waals surface area contributed by atoms with Gasteiger partial charge in [0.25, 0.3) is 0 Å². The smallest absolute Gasteiger partial charge is 0.313 e. The van der Waals surface area contributed by atoms with E-state index in [1.54, 1.807) is 6.07 Å². The summed E-state index contributed by atoms with van der Waals surface area (Å²) < 4.78 is 79.4. The zero-order valence-electron chi connectivity index (χ0n) is 13.9. The Morgan fingerprint density at radius 1 is 1.07 bits per heavy atom. The van der Waals surface area contributed by atoms with Gasteiger partial charge >= 0.3 is 6.18 Å². The highest BCUT2D eigenvalue weighted by Crippen LogP contribution is 2.33. The Morgan fingerprint density at radius 3 is 2.44 bits per heavy atom. The van der Waals surface area contributed by atoms with E-state index in [0.717, 1.165) is 22.5 Å². The van der Waals surface area contributed by atoms with Gasteiger partial charge in [-0.1, -0.05) is 18.2 Å². The van der Waals surface area contributed by atoms with Crippen LogP contribution < -0.4 is 5.32 Å². The number of alkyl halides is 3. The lowest BCUT2D eigenvalue weighted by Crippen LogP contribution is -2.48. The number of halogens is 5. The molecule has 148 valence electrons. The van der Waals surface area contributed by atoms with Crippen LogP contribution in [-0.2, 0) is 16.2 Å². The lowest BCUT2D eigenvalue weighted by Gasteiger charge is -2.35. The molecular formula is C17H17ClF4N2O2S. The van der Waals surface area contributed by atoms with Crippen LogP contribution in [0.15, 0.2) is 53.4 Å². The third kappa shape index (κ3) is 4.60. The van der Waals surface area contributed by atoms with Crippen LogP contribution in [0.1, 0.15) is 17.2 Å². The predicted molar refractivity (Wildman–Crippen MR) is 94.6 cm³/mol. The first-order valence-electron chi connectivity index (χ1n) is 7.85. The molecule has 0 aliphatic carbocycles. The van der Waals surface area contributed by atoms with E-state index in [4.69, 9.17) is 0 Å². The minimum Gasteiger partial charge on any atom is -0.313 e. The van der Waals surface area contributed by atoms with Gasteiger partial charge in [-0.3, -0.25) is 0 Å². The molecule has 0 spiro atoms. The number of benzene rings is 2. The van der Waals surface area contributed by atoms with Crippen molar-refractivity contribution < 1.29 is 26.0 Å². The van der Waals surface area contributed by atoms with Crippen molar-refractivity contribution in [3.05, 3.63) is 65.5 Å². The Balaban J connectivity index is 0.00000261. The number of nitrogens with one attached hydrogen (secondary N) is 1. The highest BCUT2D eigenvalue weighted by atomic mass is 35.5. The fraction of sp³-hybridized carbons (Fsp3) is 0.294.